The first-order valence-electron chi connectivity index (χ1n) is 4.51. The molecule has 0 N–H and O–H groups in total. The van der Waals surface area contributed by atoms with Crippen molar-refractivity contribution >= 4 is 17.4 Å². The van der Waals surface area contributed by atoms with Crippen molar-refractivity contribution in [1.82, 2.24) is 0 Å². The molecule has 0 bridgehead atoms. The first-order valence-corrected chi connectivity index (χ1v) is 4.89. The summed E-state index contributed by atoms with van der Waals surface area (Å²) < 4.78 is 0. The van der Waals surface area contributed by atoms with Crippen molar-refractivity contribution in [2.24, 2.45) is 0 Å². The summed E-state index contributed by atoms with van der Waals surface area (Å²) >= 11 is 5.84. The molecule has 13 heavy (non-hydrogen) atoms. The molecular weight excluding hydrogens is 184 g/mol. The van der Waals surface area contributed by atoms with Crippen molar-refractivity contribution in [1.29, 1.82) is 0 Å². The minimum atomic E-state index is 0.232. The lowest BCUT2D eigenvalue weighted by atomic mass is 9.83. The minimum absolute atomic E-state index is 0.232. The van der Waals surface area contributed by atoms with Crippen molar-refractivity contribution in [3.05, 3.63) is 34.3 Å². The van der Waals surface area contributed by atoms with Gasteiger partial charge in [0, 0.05) is 17.0 Å². The van der Waals surface area contributed by atoms with Gasteiger partial charge in [0.2, 0.25) is 0 Å². The molecule has 1 nitrogen and oxygen atoms in total. The number of fused-ring (bicyclic) bond motifs is 1. The molecule has 0 radical (unpaired) electrons. The Labute approximate surface area is 82.7 Å². The standard InChI is InChI=1S/C11H11ClO/c1-7-2-5-11(13)10-6-8(12)3-4-9(7)10/h3-4,6-7H,2,5H2,1H3. The Bertz CT molecular complexity index is 357. The number of rotatable bonds is 0. The third kappa shape index (κ3) is 1.49. The van der Waals surface area contributed by atoms with Crippen molar-refractivity contribution in [2.45, 2.75) is 25.7 Å². The fourth-order valence-electron chi connectivity index (χ4n) is 1.84. The summed E-state index contributed by atoms with van der Waals surface area (Å²) in [6, 6.07) is 5.61. The third-order valence-corrected chi connectivity index (χ3v) is 2.89. The topological polar surface area (TPSA) is 17.1 Å². The predicted molar refractivity (Wildman–Crippen MR) is 53.4 cm³/mol. The summed E-state index contributed by atoms with van der Waals surface area (Å²) in [4.78, 5) is 11.5. The van der Waals surface area contributed by atoms with Crippen LogP contribution < -0.4 is 0 Å². The molecule has 1 aromatic carbocycles. The largest absolute Gasteiger partial charge is 0.294 e. The highest BCUT2D eigenvalue weighted by Crippen LogP contribution is 2.32. The number of ketones is 1. The molecule has 2 rings (SSSR count). The molecule has 0 heterocycles. The van der Waals surface area contributed by atoms with E-state index in [4.69, 9.17) is 11.6 Å². The Morgan fingerprint density at radius 3 is 3.00 bits per heavy atom. The molecule has 0 amide bonds. The van der Waals surface area contributed by atoms with Gasteiger partial charge in [-0.25, -0.2) is 0 Å². The van der Waals surface area contributed by atoms with Crippen LogP contribution in [0, 0.1) is 0 Å². The van der Waals surface area contributed by atoms with Crippen LogP contribution in [0.3, 0.4) is 0 Å². The smallest absolute Gasteiger partial charge is 0.163 e. The van der Waals surface area contributed by atoms with E-state index in [9.17, 15) is 4.79 Å². The van der Waals surface area contributed by atoms with Crippen LogP contribution in [0.1, 0.15) is 41.6 Å². The van der Waals surface area contributed by atoms with Gasteiger partial charge < -0.3 is 0 Å². The summed E-state index contributed by atoms with van der Waals surface area (Å²) in [5.74, 6) is 0.723. The van der Waals surface area contributed by atoms with Crippen LogP contribution in [-0.2, 0) is 0 Å². The van der Waals surface area contributed by atoms with E-state index in [1.165, 1.54) is 0 Å². The highest BCUT2D eigenvalue weighted by Gasteiger charge is 2.22. The Kier molecular flexibility index (Phi) is 2.12. The van der Waals surface area contributed by atoms with E-state index in [1.54, 1.807) is 6.07 Å². The van der Waals surface area contributed by atoms with Crippen molar-refractivity contribution < 1.29 is 4.79 Å². The molecule has 1 aliphatic rings. The van der Waals surface area contributed by atoms with E-state index < -0.39 is 0 Å². The van der Waals surface area contributed by atoms with Crippen LogP contribution in [0.2, 0.25) is 5.02 Å². The fraction of sp³-hybridized carbons (Fsp3) is 0.364. The number of Topliss-reactive ketones (excluding diaryl/α,β-unsaturated/α-hetero) is 1. The lowest BCUT2D eigenvalue weighted by Crippen LogP contribution is -2.13. The molecule has 68 valence electrons. The Morgan fingerprint density at radius 2 is 2.23 bits per heavy atom. The van der Waals surface area contributed by atoms with Crippen LogP contribution in [0.15, 0.2) is 18.2 Å². The number of carbonyl (C=O) groups excluding carboxylic acids is 1. The van der Waals surface area contributed by atoms with Gasteiger partial charge in [0.05, 0.1) is 0 Å². The maximum absolute atomic E-state index is 11.5. The number of hydrogen-bond donors (Lipinski definition) is 0. The maximum atomic E-state index is 11.5. The van der Waals surface area contributed by atoms with Gasteiger partial charge >= 0.3 is 0 Å². The van der Waals surface area contributed by atoms with Gasteiger partial charge in [0.15, 0.2) is 5.78 Å². The van der Waals surface area contributed by atoms with Gasteiger partial charge in [-0.2, -0.15) is 0 Å². The maximum Gasteiger partial charge on any atom is 0.163 e. The summed E-state index contributed by atoms with van der Waals surface area (Å²) in [7, 11) is 0. The fourth-order valence-corrected chi connectivity index (χ4v) is 2.01. The van der Waals surface area contributed by atoms with Crippen LogP contribution in [-0.4, -0.2) is 5.78 Å². The molecule has 0 aliphatic heterocycles. The van der Waals surface area contributed by atoms with E-state index in [2.05, 4.69) is 6.92 Å². The normalized spacial score (nSPS) is 21.4. The van der Waals surface area contributed by atoms with Gasteiger partial charge in [0.25, 0.3) is 0 Å². The van der Waals surface area contributed by atoms with Crippen molar-refractivity contribution in [2.75, 3.05) is 0 Å². The third-order valence-electron chi connectivity index (χ3n) is 2.65. The highest BCUT2D eigenvalue weighted by atomic mass is 35.5. The number of hydrogen-bond acceptors (Lipinski definition) is 1. The van der Waals surface area contributed by atoms with E-state index in [0.717, 1.165) is 17.5 Å². The van der Waals surface area contributed by atoms with E-state index in [-0.39, 0.29) is 5.78 Å². The highest BCUT2D eigenvalue weighted by molar-refractivity contribution is 6.31. The molecular formula is C11H11ClO. The second-order valence-corrected chi connectivity index (χ2v) is 4.03. The van der Waals surface area contributed by atoms with Gasteiger partial charge in [-0.1, -0.05) is 24.6 Å². The number of carbonyl (C=O) groups is 1. The predicted octanol–water partition coefficient (Wildman–Crippen LogP) is 3.42. The summed E-state index contributed by atoms with van der Waals surface area (Å²) in [6.45, 7) is 2.15. The molecule has 1 unspecified atom stereocenters. The van der Waals surface area contributed by atoms with E-state index in [0.29, 0.717) is 17.4 Å². The summed E-state index contributed by atoms with van der Waals surface area (Å²) in [5.41, 5.74) is 1.98. The molecule has 0 fully saturated rings. The zero-order valence-electron chi connectivity index (χ0n) is 7.51. The SMILES string of the molecule is CC1CCC(=O)c2cc(Cl)ccc21. The van der Waals surface area contributed by atoms with Crippen molar-refractivity contribution in [3.8, 4) is 0 Å². The van der Waals surface area contributed by atoms with Crippen LogP contribution in [0.5, 0.6) is 0 Å². The van der Waals surface area contributed by atoms with Crippen LogP contribution in [0.4, 0.5) is 0 Å². The zero-order valence-corrected chi connectivity index (χ0v) is 8.27. The Morgan fingerprint density at radius 1 is 1.46 bits per heavy atom. The molecule has 0 spiro atoms. The molecule has 2 heteroatoms. The second-order valence-electron chi connectivity index (χ2n) is 3.59. The monoisotopic (exact) mass is 194 g/mol. The average molecular weight is 195 g/mol. The minimum Gasteiger partial charge on any atom is -0.294 e. The molecule has 0 saturated carbocycles. The molecule has 0 saturated heterocycles. The Balaban J connectivity index is 2.57. The number of halogens is 1. The molecule has 1 atom stereocenters. The first kappa shape index (κ1) is 8.76. The van der Waals surface area contributed by atoms with Gasteiger partial charge in [-0.15, -0.1) is 0 Å². The first-order chi connectivity index (χ1) is 6.18. The summed E-state index contributed by atoms with van der Waals surface area (Å²) in [5, 5.41) is 0.654. The Hall–Kier alpha value is -0.820. The van der Waals surface area contributed by atoms with Gasteiger partial charge in [0.1, 0.15) is 0 Å². The van der Waals surface area contributed by atoms with Crippen LogP contribution in [0.25, 0.3) is 0 Å². The lowest BCUT2D eigenvalue weighted by molar-refractivity contribution is 0.0968. The number of benzene rings is 1. The average Bonchev–Trinajstić information content (AvgIpc) is 2.12. The molecule has 1 aliphatic carbocycles. The quantitative estimate of drug-likeness (QED) is 0.619. The molecule has 1 aromatic rings. The molecule has 0 aromatic heterocycles. The van der Waals surface area contributed by atoms with E-state index in [1.807, 2.05) is 12.1 Å². The summed E-state index contributed by atoms with van der Waals surface area (Å²) in [6.07, 6.45) is 1.63. The zero-order chi connectivity index (χ0) is 9.42. The van der Waals surface area contributed by atoms with Crippen molar-refractivity contribution in [3.63, 3.8) is 0 Å². The van der Waals surface area contributed by atoms with Gasteiger partial charge in [-0.05, 0) is 30.0 Å². The van der Waals surface area contributed by atoms with E-state index >= 15 is 0 Å². The van der Waals surface area contributed by atoms with Crippen LogP contribution >= 0.6 is 11.6 Å². The lowest BCUT2D eigenvalue weighted by Gasteiger charge is -2.20. The second kappa shape index (κ2) is 3.15. The van der Waals surface area contributed by atoms with Gasteiger partial charge in [-0.3, -0.25) is 4.79 Å².